The zero-order valence-electron chi connectivity index (χ0n) is 11.8. The molecule has 1 heterocycles. The van der Waals surface area contributed by atoms with E-state index in [0.717, 1.165) is 0 Å². The van der Waals surface area contributed by atoms with E-state index in [9.17, 15) is 8.42 Å². The lowest BCUT2D eigenvalue weighted by atomic mass is 10.3. The molecule has 0 aliphatic heterocycles. The van der Waals surface area contributed by atoms with E-state index in [0.29, 0.717) is 12.3 Å². The van der Waals surface area contributed by atoms with Crippen molar-refractivity contribution in [3.05, 3.63) is 36.7 Å². The molecule has 0 aliphatic rings. The van der Waals surface area contributed by atoms with Crippen LogP contribution in [0.2, 0.25) is 0 Å². The number of aromatic nitrogens is 2. The molecule has 0 saturated heterocycles. The monoisotopic (exact) mass is 311 g/mol. The normalized spacial score (nSPS) is 11.3. The van der Waals surface area contributed by atoms with E-state index in [1.807, 2.05) is 0 Å². The zero-order chi connectivity index (χ0) is 15.3. The number of rotatable bonds is 7. The summed E-state index contributed by atoms with van der Waals surface area (Å²) < 4.78 is 39.0. The number of hydrogen-bond donors (Lipinski definition) is 1. The molecule has 1 aromatic heterocycles. The van der Waals surface area contributed by atoms with Crippen LogP contribution in [-0.2, 0) is 16.6 Å². The van der Waals surface area contributed by atoms with Crippen molar-refractivity contribution in [3.63, 3.8) is 0 Å². The van der Waals surface area contributed by atoms with Gasteiger partial charge in [0.25, 0.3) is 0 Å². The first-order chi connectivity index (χ1) is 10.1. The molecule has 21 heavy (non-hydrogen) atoms. The Labute approximate surface area is 123 Å². The fourth-order valence-corrected chi connectivity index (χ4v) is 3.00. The predicted octanol–water partition coefficient (Wildman–Crippen LogP) is 0.879. The van der Waals surface area contributed by atoms with Gasteiger partial charge in [-0.25, -0.2) is 13.1 Å². The van der Waals surface area contributed by atoms with Crippen molar-refractivity contribution >= 4 is 10.0 Å². The van der Waals surface area contributed by atoms with Gasteiger partial charge in [-0.1, -0.05) is 0 Å². The molecule has 114 valence electrons. The van der Waals surface area contributed by atoms with Crippen LogP contribution < -0.4 is 14.2 Å². The van der Waals surface area contributed by atoms with Crippen LogP contribution in [0.15, 0.2) is 41.6 Å². The van der Waals surface area contributed by atoms with Gasteiger partial charge in [-0.05, 0) is 18.2 Å². The van der Waals surface area contributed by atoms with Gasteiger partial charge in [0.15, 0.2) is 0 Å². The Balaban J connectivity index is 2.14. The van der Waals surface area contributed by atoms with Crippen LogP contribution in [0.25, 0.3) is 0 Å². The van der Waals surface area contributed by atoms with E-state index in [4.69, 9.17) is 9.47 Å². The first-order valence-corrected chi connectivity index (χ1v) is 7.74. The molecule has 0 fully saturated rings. The number of nitrogens with one attached hydrogen (secondary N) is 1. The molecule has 8 heteroatoms. The maximum Gasteiger partial charge on any atom is 0.244 e. The maximum absolute atomic E-state index is 12.3. The number of ether oxygens (including phenoxy) is 2. The Kier molecular flexibility index (Phi) is 4.81. The summed E-state index contributed by atoms with van der Waals surface area (Å²) in [5.41, 5.74) is 0. The third-order valence-corrected chi connectivity index (χ3v) is 4.33. The van der Waals surface area contributed by atoms with Crippen molar-refractivity contribution in [1.29, 1.82) is 0 Å². The van der Waals surface area contributed by atoms with E-state index < -0.39 is 10.0 Å². The van der Waals surface area contributed by atoms with E-state index in [1.165, 1.54) is 20.3 Å². The Bertz CT molecular complexity index is 683. The summed E-state index contributed by atoms with van der Waals surface area (Å²) in [7, 11) is -0.788. The van der Waals surface area contributed by atoms with Crippen LogP contribution in [0.3, 0.4) is 0 Å². The van der Waals surface area contributed by atoms with Gasteiger partial charge in [-0.15, -0.1) is 0 Å². The SMILES string of the molecule is COc1ccc(OC)c(S(=O)(=O)NCCn2cccn2)c1. The lowest BCUT2D eigenvalue weighted by Crippen LogP contribution is -2.28. The molecule has 0 spiro atoms. The average molecular weight is 311 g/mol. The smallest absolute Gasteiger partial charge is 0.244 e. The van der Waals surface area contributed by atoms with Crippen LogP contribution >= 0.6 is 0 Å². The molecular weight excluding hydrogens is 294 g/mol. The average Bonchev–Trinajstić information content (AvgIpc) is 2.99. The summed E-state index contributed by atoms with van der Waals surface area (Å²) >= 11 is 0. The molecule has 0 radical (unpaired) electrons. The van der Waals surface area contributed by atoms with Gasteiger partial charge < -0.3 is 9.47 Å². The predicted molar refractivity (Wildman–Crippen MR) is 77.0 cm³/mol. The molecule has 2 aromatic rings. The number of benzene rings is 1. The van der Waals surface area contributed by atoms with Crippen LogP contribution in [-0.4, -0.2) is 39.0 Å². The first kappa shape index (κ1) is 15.3. The van der Waals surface area contributed by atoms with Crippen molar-refractivity contribution in [2.75, 3.05) is 20.8 Å². The second-order valence-electron chi connectivity index (χ2n) is 4.18. The summed E-state index contributed by atoms with van der Waals surface area (Å²) in [4.78, 5) is 0.0461. The van der Waals surface area contributed by atoms with E-state index >= 15 is 0 Å². The summed E-state index contributed by atoms with van der Waals surface area (Å²) in [6.07, 6.45) is 3.40. The highest BCUT2D eigenvalue weighted by Gasteiger charge is 2.20. The van der Waals surface area contributed by atoms with Gasteiger partial charge in [-0.2, -0.15) is 5.10 Å². The van der Waals surface area contributed by atoms with Crippen LogP contribution in [0, 0.1) is 0 Å². The summed E-state index contributed by atoms with van der Waals surface area (Å²) in [5.74, 6) is 0.714. The highest BCUT2D eigenvalue weighted by molar-refractivity contribution is 7.89. The second-order valence-corrected chi connectivity index (χ2v) is 5.92. The molecule has 0 amide bonds. The number of hydrogen-bond acceptors (Lipinski definition) is 5. The highest BCUT2D eigenvalue weighted by atomic mass is 32.2. The quantitative estimate of drug-likeness (QED) is 0.821. The van der Waals surface area contributed by atoms with Crippen molar-refractivity contribution in [1.82, 2.24) is 14.5 Å². The fourth-order valence-electron chi connectivity index (χ4n) is 1.80. The van der Waals surface area contributed by atoms with Gasteiger partial charge in [0.1, 0.15) is 16.4 Å². The molecule has 0 bridgehead atoms. The van der Waals surface area contributed by atoms with Gasteiger partial charge in [0.2, 0.25) is 10.0 Å². The van der Waals surface area contributed by atoms with Gasteiger partial charge in [-0.3, -0.25) is 4.68 Å². The number of methoxy groups -OCH3 is 2. The van der Waals surface area contributed by atoms with Gasteiger partial charge >= 0.3 is 0 Å². The van der Waals surface area contributed by atoms with Gasteiger partial charge in [0.05, 0.1) is 20.8 Å². The lowest BCUT2D eigenvalue weighted by molar-refractivity contribution is 0.392. The molecule has 0 atom stereocenters. The Morgan fingerprint density at radius 3 is 2.71 bits per heavy atom. The van der Waals surface area contributed by atoms with Crippen LogP contribution in [0.5, 0.6) is 11.5 Å². The molecule has 1 aromatic carbocycles. The largest absolute Gasteiger partial charge is 0.497 e. The van der Waals surface area contributed by atoms with E-state index in [-0.39, 0.29) is 17.2 Å². The Hall–Kier alpha value is -2.06. The standard InChI is InChI=1S/C13H17N3O4S/c1-19-11-4-5-12(20-2)13(10-11)21(17,18)15-7-9-16-8-3-6-14-16/h3-6,8,10,15H,7,9H2,1-2H3. The molecule has 0 saturated carbocycles. The minimum Gasteiger partial charge on any atom is -0.497 e. The first-order valence-electron chi connectivity index (χ1n) is 6.26. The minimum absolute atomic E-state index is 0.0461. The summed E-state index contributed by atoms with van der Waals surface area (Å²) in [5, 5.41) is 4.01. The van der Waals surface area contributed by atoms with Crippen molar-refractivity contribution < 1.29 is 17.9 Å². The van der Waals surface area contributed by atoms with Crippen LogP contribution in [0.4, 0.5) is 0 Å². The topological polar surface area (TPSA) is 82.5 Å². The molecular formula is C13H17N3O4S. The highest BCUT2D eigenvalue weighted by Crippen LogP contribution is 2.27. The third kappa shape index (κ3) is 3.73. The van der Waals surface area contributed by atoms with Crippen LogP contribution in [0.1, 0.15) is 0 Å². The van der Waals surface area contributed by atoms with Gasteiger partial charge in [0, 0.05) is 25.0 Å². The molecule has 0 unspecified atom stereocenters. The minimum atomic E-state index is -3.68. The fraction of sp³-hybridized carbons (Fsp3) is 0.308. The lowest BCUT2D eigenvalue weighted by Gasteiger charge is -2.12. The Morgan fingerprint density at radius 2 is 2.10 bits per heavy atom. The van der Waals surface area contributed by atoms with Crippen molar-refractivity contribution in [2.45, 2.75) is 11.4 Å². The molecule has 7 nitrogen and oxygen atoms in total. The molecule has 2 rings (SSSR count). The van der Waals surface area contributed by atoms with Crippen molar-refractivity contribution in [3.8, 4) is 11.5 Å². The number of sulfonamides is 1. The molecule has 0 aliphatic carbocycles. The van der Waals surface area contributed by atoms with E-state index in [1.54, 1.807) is 35.3 Å². The summed E-state index contributed by atoms with van der Waals surface area (Å²) in [6.45, 7) is 0.670. The molecule has 1 N–H and O–H groups in total. The number of nitrogens with zero attached hydrogens (tertiary/aromatic N) is 2. The maximum atomic E-state index is 12.3. The van der Waals surface area contributed by atoms with Crippen molar-refractivity contribution in [2.24, 2.45) is 0 Å². The summed E-state index contributed by atoms with van der Waals surface area (Å²) in [6, 6.07) is 6.40. The van der Waals surface area contributed by atoms with E-state index in [2.05, 4.69) is 9.82 Å². The Morgan fingerprint density at radius 1 is 1.29 bits per heavy atom. The second kappa shape index (κ2) is 6.59. The third-order valence-electron chi connectivity index (χ3n) is 2.85. The zero-order valence-corrected chi connectivity index (χ0v) is 12.6.